The van der Waals surface area contributed by atoms with Crippen molar-refractivity contribution in [3.63, 3.8) is 0 Å². The molecule has 1 fully saturated rings. The largest absolute Gasteiger partial charge is 0.445 e. The maximum absolute atomic E-state index is 13.3. The van der Waals surface area contributed by atoms with Crippen LogP contribution in [0, 0.1) is 12.7 Å². The van der Waals surface area contributed by atoms with Crippen molar-refractivity contribution in [1.29, 1.82) is 0 Å². The molecule has 0 spiro atoms. The minimum atomic E-state index is -0.231. The van der Waals surface area contributed by atoms with E-state index in [0.717, 1.165) is 54.7 Å². The summed E-state index contributed by atoms with van der Waals surface area (Å²) in [6.07, 6.45) is 6.02. The predicted molar refractivity (Wildman–Crippen MR) is 96.7 cm³/mol. The molecule has 0 N–H and O–H groups in total. The number of rotatable bonds is 4. The molecule has 1 aliphatic rings. The van der Waals surface area contributed by atoms with Gasteiger partial charge >= 0.3 is 0 Å². The number of aromatic nitrogens is 3. The maximum atomic E-state index is 13.3. The smallest absolute Gasteiger partial charge is 0.199 e. The fraction of sp³-hybridized carbons (Fsp3) is 0.350. The minimum absolute atomic E-state index is 0.231. The molecule has 3 heterocycles. The second-order valence-electron chi connectivity index (χ2n) is 6.77. The van der Waals surface area contributed by atoms with Crippen LogP contribution in [-0.4, -0.2) is 28.0 Å². The normalized spacial score (nSPS) is 17.5. The number of oxazole rings is 1. The fourth-order valence-electron chi connectivity index (χ4n) is 3.44. The van der Waals surface area contributed by atoms with Crippen LogP contribution in [0.2, 0.25) is 0 Å². The average Bonchev–Trinajstić information content (AvgIpc) is 3.10. The van der Waals surface area contributed by atoms with E-state index in [4.69, 9.17) is 4.42 Å². The van der Waals surface area contributed by atoms with E-state index < -0.39 is 0 Å². The summed E-state index contributed by atoms with van der Waals surface area (Å²) >= 11 is 0. The van der Waals surface area contributed by atoms with E-state index in [9.17, 15) is 4.39 Å². The molecule has 6 heteroatoms. The molecular weight excluding hydrogens is 331 g/mol. The molecule has 0 saturated carbocycles. The molecule has 1 aliphatic heterocycles. The van der Waals surface area contributed by atoms with Gasteiger partial charge in [-0.25, -0.2) is 19.3 Å². The zero-order valence-electron chi connectivity index (χ0n) is 14.7. The highest BCUT2D eigenvalue weighted by Gasteiger charge is 2.26. The summed E-state index contributed by atoms with van der Waals surface area (Å²) in [6.45, 7) is 3.78. The average molecular weight is 352 g/mol. The lowest BCUT2D eigenvalue weighted by molar-refractivity contribution is 0.384. The van der Waals surface area contributed by atoms with Gasteiger partial charge in [0.1, 0.15) is 23.7 Å². The molecule has 0 unspecified atom stereocenters. The van der Waals surface area contributed by atoms with Crippen LogP contribution in [0.25, 0.3) is 0 Å². The molecule has 134 valence electrons. The lowest BCUT2D eigenvalue weighted by Crippen LogP contribution is -2.35. The lowest BCUT2D eigenvalue weighted by atomic mass is 9.98. The van der Waals surface area contributed by atoms with E-state index in [1.807, 2.05) is 19.1 Å². The maximum Gasteiger partial charge on any atom is 0.199 e. The molecule has 5 nitrogen and oxygen atoms in total. The van der Waals surface area contributed by atoms with Crippen molar-refractivity contribution >= 4 is 5.82 Å². The van der Waals surface area contributed by atoms with Gasteiger partial charge in [-0.15, -0.1) is 0 Å². The highest BCUT2D eigenvalue weighted by molar-refractivity contribution is 5.39. The van der Waals surface area contributed by atoms with Gasteiger partial charge in [0.2, 0.25) is 0 Å². The number of benzene rings is 1. The Hall–Kier alpha value is -2.76. The van der Waals surface area contributed by atoms with Gasteiger partial charge in [0.15, 0.2) is 5.89 Å². The van der Waals surface area contributed by atoms with Gasteiger partial charge in [0.25, 0.3) is 0 Å². The molecule has 0 bridgehead atoms. The van der Waals surface area contributed by atoms with Crippen LogP contribution in [-0.2, 0) is 6.42 Å². The summed E-state index contributed by atoms with van der Waals surface area (Å²) in [4.78, 5) is 15.3. The van der Waals surface area contributed by atoms with Crippen LogP contribution in [0.1, 0.15) is 41.7 Å². The first-order valence-electron chi connectivity index (χ1n) is 8.90. The van der Waals surface area contributed by atoms with Crippen molar-refractivity contribution in [2.45, 2.75) is 32.1 Å². The SMILES string of the molecule is Cc1cc(N2CCC[C@H](c3ncc(Cc4cccc(F)c4)o3)C2)ncn1. The van der Waals surface area contributed by atoms with Crippen LogP contribution in [0.5, 0.6) is 0 Å². The number of anilines is 1. The Labute approximate surface area is 151 Å². The predicted octanol–water partition coefficient (Wildman–Crippen LogP) is 3.89. The van der Waals surface area contributed by atoms with Gasteiger partial charge in [0.05, 0.1) is 12.1 Å². The highest BCUT2D eigenvalue weighted by Crippen LogP contribution is 2.29. The number of halogens is 1. The molecule has 1 atom stereocenters. The quantitative estimate of drug-likeness (QED) is 0.713. The van der Waals surface area contributed by atoms with Crippen molar-refractivity contribution < 1.29 is 8.81 Å². The Balaban J connectivity index is 1.46. The fourth-order valence-corrected chi connectivity index (χ4v) is 3.44. The first-order chi connectivity index (χ1) is 12.7. The van der Waals surface area contributed by atoms with Gasteiger partial charge in [-0.2, -0.15) is 0 Å². The van der Waals surface area contributed by atoms with Crippen molar-refractivity contribution in [3.8, 4) is 0 Å². The van der Waals surface area contributed by atoms with Crippen molar-refractivity contribution in [1.82, 2.24) is 15.0 Å². The Bertz CT molecular complexity index is 895. The van der Waals surface area contributed by atoms with Crippen molar-refractivity contribution in [3.05, 3.63) is 71.6 Å². The number of nitrogens with zero attached hydrogens (tertiary/aromatic N) is 4. The van der Waals surface area contributed by atoms with E-state index in [0.29, 0.717) is 6.42 Å². The molecule has 3 aromatic rings. The van der Waals surface area contributed by atoms with E-state index in [2.05, 4.69) is 19.9 Å². The van der Waals surface area contributed by atoms with Crippen molar-refractivity contribution in [2.24, 2.45) is 0 Å². The standard InChI is InChI=1S/C20H21FN4O/c1-14-8-19(24-13-23-14)25-7-3-5-16(12-25)20-22-11-18(26-20)10-15-4-2-6-17(21)9-15/h2,4,6,8-9,11,13,16H,3,5,7,10,12H2,1H3/t16-/m0/s1. The summed E-state index contributed by atoms with van der Waals surface area (Å²) in [5, 5.41) is 0. The van der Waals surface area contributed by atoms with Gasteiger partial charge in [0, 0.05) is 31.3 Å². The van der Waals surface area contributed by atoms with E-state index in [-0.39, 0.29) is 11.7 Å². The van der Waals surface area contributed by atoms with E-state index >= 15 is 0 Å². The van der Waals surface area contributed by atoms with Gasteiger partial charge in [-0.1, -0.05) is 12.1 Å². The monoisotopic (exact) mass is 352 g/mol. The third kappa shape index (κ3) is 3.74. The molecule has 26 heavy (non-hydrogen) atoms. The van der Waals surface area contributed by atoms with Crippen molar-refractivity contribution in [2.75, 3.05) is 18.0 Å². The van der Waals surface area contributed by atoms with E-state index in [1.165, 1.54) is 12.1 Å². The number of piperidine rings is 1. The third-order valence-corrected chi connectivity index (χ3v) is 4.72. The Morgan fingerprint density at radius 2 is 2.15 bits per heavy atom. The molecular formula is C20H21FN4O. The lowest BCUT2D eigenvalue weighted by Gasteiger charge is -2.32. The number of hydrogen-bond donors (Lipinski definition) is 0. The summed E-state index contributed by atoms with van der Waals surface area (Å²) in [5.74, 6) is 2.48. The van der Waals surface area contributed by atoms with Gasteiger partial charge < -0.3 is 9.32 Å². The number of hydrogen-bond acceptors (Lipinski definition) is 5. The zero-order chi connectivity index (χ0) is 17.9. The van der Waals surface area contributed by atoms with E-state index in [1.54, 1.807) is 18.6 Å². The second kappa shape index (κ2) is 7.23. The van der Waals surface area contributed by atoms with Crippen LogP contribution < -0.4 is 4.90 Å². The third-order valence-electron chi connectivity index (χ3n) is 4.72. The van der Waals surface area contributed by atoms with Crippen LogP contribution in [0.3, 0.4) is 0 Å². The highest BCUT2D eigenvalue weighted by atomic mass is 19.1. The Morgan fingerprint density at radius 1 is 1.23 bits per heavy atom. The van der Waals surface area contributed by atoms with Crippen LogP contribution >= 0.6 is 0 Å². The molecule has 4 rings (SSSR count). The number of aryl methyl sites for hydroxylation is 1. The van der Waals surface area contributed by atoms with Gasteiger partial charge in [-0.3, -0.25) is 0 Å². The molecule has 1 saturated heterocycles. The van der Waals surface area contributed by atoms with Crippen LogP contribution in [0.15, 0.2) is 47.3 Å². The first-order valence-corrected chi connectivity index (χ1v) is 8.90. The summed E-state index contributed by atoms with van der Waals surface area (Å²) in [5.41, 5.74) is 1.85. The minimum Gasteiger partial charge on any atom is -0.445 e. The Morgan fingerprint density at radius 3 is 3.00 bits per heavy atom. The second-order valence-corrected chi connectivity index (χ2v) is 6.77. The Kier molecular flexibility index (Phi) is 4.65. The summed E-state index contributed by atoms with van der Waals surface area (Å²) in [7, 11) is 0. The first kappa shape index (κ1) is 16.7. The molecule has 0 radical (unpaired) electrons. The topological polar surface area (TPSA) is 55.1 Å². The zero-order valence-corrected chi connectivity index (χ0v) is 14.7. The molecule has 2 aromatic heterocycles. The molecule has 0 amide bonds. The van der Waals surface area contributed by atoms with Gasteiger partial charge in [-0.05, 0) is 37.5 Å². The van der Waals surface area contributed by atoms with Crippen LogP contribution in [0.4, 0.5) is 10.2 Å². The molecule has 0 aliphatic carbocycles. The summed E-state index contributed by atoms with van der Waals surface area (Å²) in [6, 6.07) is 8.59. The molecule has 1 aromatic carbocycles. The summed E-state index contributed by atoms with van der Waals surface area (Å²) < 4.78 is 19.3.